The predicted molar refractivity (Wildman–Crippen MR) is 127 cm³/mol. The molecule has 3 fully saturated rings. The Kier molecular flexibility index (Phi) is 4.96. The van der Waals surface area contributed by atoms with Gasteiger partial charge in [-0.25, -0.2) is 4.98 Å². The summed E-state index contributed by atoms with van der Waals surface area (Å²) in [5.41, 5.74) is 1.97. The Balaban J connectivity index is 1.31. The molecule has 1 aromatic carbocycles. The number of pyridine rings is 2. The van der Waals surface area contributed by atoms with Gasteiger partial charge in [-0.1, -0.05) is 0 Å². The van der Waals surface area contributed by atoms with E-state index in [2.05, 4.69) is 37.6 Å². The zero-order valence-corrected chi connectivity index (χ0v) is 18.0. The number of hydrogen-bond donors (Lipinski definition) is 3. The second-order valence-electron chi connectivity index (χ2n) is 8.95. The third-order valence-electron chi connectivity index (χ3n) is 6.96. The maximum Gasteiger partial charge on any atom is 0.259 e. The molecule has 0 unspecified atom stereocenters. The summed E-state index contributed by atoms with van der Waals surface area (Å²) in [6, 6.07) is 12.3. The lowest BCUT2D eigenvalue weighted by Gasteiger charge is -2.29. The van der Waals surface area contributed by atoms with Gasteiger partial charge >= 0.3 is 0 Å². The maximum absolute atomic E-state index is 12.7. The molecule has 3 saturated heterocycles. The zero-order chi connectivity index (χ0) is 21.5. The average Bonchev–Trinajstić information content (AvgIpc) is 3.43. The molecule has 166 valence electrons. The van der Waals surface area contributed by atoms with Crippen LogP contribution in [0.25, 0.3) is 10.8 Å². The lowest BCUT2D eigenvalue weighted by atomic mass is 10.0. The van der Waals surface area contributed by atoms with Crippen LogP contribution in [0.4, 0.5) is 23.0 Å². The zero-order valence-electron chi connectivity index (χ0n) is 18.0. The van der Waals surface area contributed by atoms with E-state index in [-0.39, 0.29) is 5.56 Å². The van der Waals surface area contributed by atoms with Crippen molar-refractivity contribution in [1.82, 2.24) is 15.3 Å². The first kappa shape index (κ1) is 19.6. The second-order valence-corrected chi connectivity index (χ2v) is 8.95. The van der Waals surface area contributed by atoms with Crippen molar-refractivity contribution in [2.24, 2.45) is 11.8 Å². The van der Waals surface area contributed by atoms with Crippen LogP contribution < -0.4 is 26.0 Å². The molecule has 6 rings (SSSR count). The molecule has 0 spiro atoms. The minimum absolute atomic E-state index is 0.128. The standard InChI is InChI=1S/C24H28N6O2/c31-24-22-16(5-6-26-24)11-21(30-14-17-12-25-13-18(17)15-30)28-23(22)27-19-1-3-20(4-2-19)29-7-9-32-10-8-29/h1-6,11,17-18,25H,7-10,12-15H2,(H,26,31)(H,27,28)/t17-,18+. The van der Waals surface area contributed by atoms with Crippen molar-refractivity contribution in [3.05, 3.63) is 52.9 Å². The molecule has 0 amide bonds. The van der Waals surface area contributed by atoms with Gasteiger partial charge in [0.05, 0.1) is 18.6 Å². The highest BCUT2D eigenvalue weighted by atomic mass is 16.5. The van der Waals surface area contributed by atoms with Crippen molar-refractivity contribution in [1.29, 1.82) is 0 Å². The average molecular weight is 433 g/mol. The lowest BCUT2D eigenvalue weighted by molar-refractivity contribution is 0.122. The van der Waals surface area contributed by atoms with Gasteiger partial charge in [0.1, 0.15) is 11.6 Å². The Labute approximate surface area is 186 Å². The summed E-state index contributed by atoms with van der Waals surface area (Å²) in [5, 5.41) is 8.41. The predicted octanol–water partition coefficient (Wildman–Crippen LogP) is 2.16. The van der Waals surface area contributed by atoms with Crippen LogP contribution in [-0.2, 0) is 4.74 Å². The molecule has 5 heterocycles. The highest BCUT2D eigenvalue weighted by Gasteiger charge is 2.36. The van der Waals surface area contributed by atoms with Crippen LogP contribution in [0.15, 0.2) is 47.4 Å². The molecule has 8 nitrogen and oxygen atoms in total. The maximum atomic E-state index is 12.7. The van der Waals surface area contributed by atoms with Crippen molar-refractivity contribution in [3.8, 4) is 0 Å². The summed E-state index contributed by atoms with van der Waals surface area (Å²) in [7, 11) is 0. The molecule has 3 N–H and O–H groups in total. The Morgan fingerprint density at radius 1 is 1.00 bits per heavy atom. The Morgan fingerprint density at radius 3 is 2.50 bits per heavy atom. The smallest absolute Gasteiger partial charge is 0.259 e. The van der Waals surface area contributed by atoms with Gasteiger partial charge in [-0.2, -0.15) is 0 Å². The van der Waals surface area contributed by atoms with Crippen molar-refractivity contribution in [2.75, 3.05) is 67.6 Å². The number of H-pyrrole nitrogens is 1. The number of fused-ring (bicyclic) bond motifs is 2. The molecule has 0 radical (unpaired) electrons. The first-order valence-electron chi connectivity index (χ1n) is 11.4. The number of nitrogens with zero attached hydrogens (tertiary/aromatic N) is 3. The summed E-state index contributed by atoms with van der Waals surface area (Å²) >= 11 is 0. The summed E-state index contributed by atoms with van der Waals surface area (Å²) in [5.74, 6) is 2.89. The highest BCUT2D eigenvalue weighted by molar-refractivity contribution is 5.94. The van der Waals surface area contributed by atoms with Gasteiger partial charge in [0.25, 0.3) is 5.56 Å². The molecular formula is C24H28N6O2. The van der Waals surface area contributed by atoms with E-state index < -0.39 is 0 Å². The van der Waals surface area contributed by atoms with Crippen LogP contribution in [0.3, 0.4) is 0 Å². The van der Waals surface area contributed by atoms with Gasteiger partial charge in [0.15, 0.2) is 0 Å². The number of rotatable bonds is 4. The van der Waals surface area contributed by atoms with Crippen LogP contribution in [0.5, 0.6) is 0 Å². The van der Waals surface area contributed by atoms with Gasteiger partial charge in [0, 0.05) is 56.8 Å². The summed E-state index contributed by atoms with van der Waals surface area (Å²) < 4.78 is 5.45. The molecule has 3 aliphatic rings. The molecule has 32 heavy (non-hydrogen) atoms. The van der Waals surface area contributed by atoms with Gasteiger partial charge < -0.3 is 30.2 Å². The third-order valence-corrected chi connectivity index (χ3v) is 6.96. The van der Waals surface area contributed by atoms with Crippen molar-refractivity contribution >= 4 is 33.8 Å². The number of morpholine rings is 1. The third kappa shape index (κ3) is 3.59. The van der Waals surface area contributed by atoms with Crippen LogP contribution in [0.2, 0.25) is 0 Å². The first-order chi connectivity index (χ1) is 15.7. The van der Waals surface area contributed by atoms with Crippen LogP contribution in [-0.4, -0.2) is 62.5 Å². The molecule has 2 aromatic heterocycles. The number of hydrogen-bond acceptors (Lipinski definition) is 7. The van der Waals surface area contributed by atoms with E-state index in [0.717, 1.165) is 69.4 Å². The number of benzene rings is 1. The first-order valence-corrected chi connectivity index (χ1v) is 11.4. The molecule has 0 bridgehead atoms. The second kappa shape index (κ2) is 8.11. The van der Waals surface area contributed by atoms with Crippen molar-refractivity contribution in [2.45, 2.75) is 0 Å². The number of anilines is 4. The van der Waals surface area contributed by atoms with Gasteiger partial charge in [-0.15, -0.1) is 0 Å². The Bertz CT molecular complexity index is 1160. The summed E-state index contributed by atoms with van der Waals surface area (Å²) in [4.78, 5) is 25.1. The molecule has 3 aliphatic heterocycles. The van der Waals surface area contributed by atoms with Gasteiger partial charge in [-0.05, 0) is 53.6 Å². The van der Waals surface area contributed by atoms with Crippen molar-refractivity contribution < 1.29 is 4.74 Å². The van der Waals surface area contributed by atoms with Gasteiger partial charge in [0.2, 0.25) is 0 Å². The largest absolute Gasteiger partial charge is 0.378 e. The van der Waals surface area contributed by atoms with E-state index in [4.69, 9.17) is 9.72 Å². The fourth-order valence-corrected chi connectivity index (χ4v) is 5.21. The summed E-state index contributed by atoms with van der Waals surface area (Å²) in [6.45, 7) is 7.51. The van der Waals surface area contributed by atoms with E-state index in [1.807, 2.05) is 24.3 Å². The molecule has 0 saturated carbocycles. The van der Waals surface area contributed by atoms with Crippen LogP contribution in [0, 0.1) is 11.8 Å². The van der Waals surface area contributed by atoms with Crippen molar-refractivity contribution in [3.63, 3.8) is 0 Å². The lowest BCUT2D eigenvalue weighted by Crippen LogP contribution is -2.36. The number of ether oxygens (including phenoxy) is 1. The van der Waals surface area contributed by atoms with Crippen LogP contribution >= 0.6 is 0 Å². The normalized spacial score (nSPS) is 23.0. The topological polar surface area (TPSA) is 85.5 Å². The highest BCUT2D eigenvalue weighted by Crippen LogP contribution is 2.33. The Morgan fingerprint density at radius 2 is 1.75 bits per heavy atom. The van der Waals surface area contributed by atoms with E-state index in [0.29, 0.717) is 23.0 Å². The van der Waals surface area contributed by atoms with E-state index in [1.54, 1.807) is 6.20 Å². The molecule has 3 aromatic rings. The van der Waals surface area contributed by atoms with E-state index >= 15 is 0 Å². The summed E-state index contributed by atoms with van der Waals surface area (Å²) in [6.07, 6.45) is 1.71. The van der Waals surface area contributed by atoms with Crippen LogP contribution in [0.1, 0.15) is 0 Å². The fourth-order valence-electron chi connectivity index (χ4n) is 5.21. The number of aromatic nitrogens is 2. The van der Waals surface area contributed by atoms with Gasteiger partial charge in [-0.3, -0.25) is 4.79 Å². The molecule has 0 aliphatic carbocycles. The van der Waals surface area contributed by atoms with E-state index in [1.165, 1.54) is 5.69 Å². The molecular weight excluding hydrogens is 404 g/mol. The monoisotopic (exact) mass is 432 g/mol. The minimum atomic E-state index is -0.128. The SMILES string of the molecule is O=c1[nH]ccc2cc(N3C[C@H]4CNC[C@H]4C3)nc(Nc3ccc(N4CCOCC4)cc3)c12. The quantitative estimate of drug-likeness (QED) is 0.583. The molecule has 2 atom stereocenters. The fraction of sp³-hybridized carbons (Fsp3) is 0.417. The number of nitrogens with one attached hydrogen (secondary N) is 3. The Hall–Kier alpha value is -3.10. The minimum Gasteiger partial charge on any atom is -0.378 e. The number of aromatic amines is 1. The molecule has 8 heteroatoms. The van der Waals surface area contributed by atoms with E-state index in [9.17, 15) is 4.79 Å².